The van der Waals surface area contributed by atoms with Crippen LogP contribution in [0.2, 0.25) is 0 Å². The molecule has 0 heterocycles. The first-order valence-electron chi connectivity index (χ1n) is 19.3. The van der Waals surface area contributed by atoms with Gasteiger partial charge in [-0.15, -0.1) is 0 Å². The molecule has 4 nitrogen and oxygen atoms in total. The third-order valence-electron chi connectivity index (χ3n) is 8.25. The molecule has 0 radical (unpaired) electrons. The van der Waals surface area contributed by atoms with Gasteiger partial charge in [-0.05, 0) is 83.5 Å². The van der Waals surface area contributed by atoms with E-state index < -0.39 is 5.97 Å². The molecular formula is C42H72O4. The summed E-state index contributed by atoms with van der Waals surface area (Å²) in [4.78, 5) is 23.1. The molecule has 0 aliphatic carbocycles. The second kappa shape index (κ2) is 37.1. The lowest BCUT2D eigenvalue weighted by atomic mass is 10.0. The summed E-state index contributed by atoms with van der Waals surface area (Å²) in [6.07, 6.45) is 51.2. The summed E-state index contributed by atoms with van der Waals surface area (Å²) in [5, 5.41) is 8.70. The van der Waals surface area contributed by atoms with E-state index in [0.29, 0.717) is 12.8 Å². The molecule has 0 aromatic rings. The van der Waals surface area contributed by atoms with Gasteiger partial charge in [0.1, 0.15) is 6.10 Å². The van der Waals surface area contributed by atoms with Crippen molar-refractivity contribution >= 4 is 11.9 Å². The van der Waals surface area contributed by atoms with Crippen molar-refractivity contribution < 1.29 is 19.4 Å². The van der Waals surface area contributed by atoms with Crippen molar-refractivity contribution in [1.82, 2.24) is 0 Å². The molecule has 0 bridgehead atoms. The van der Waals surface area contributed by atoms with E-state index in [1.807, 2.05) is 0 Å². The third-order valence-corrected chi connectivity index (χ3v) is 8.25. The van der Waals surface area contributed by atoms with Gasteiger partial charge in [-0.1, -0.05) is 152 Å². The minimum absolute atomic E-state index is 0.00294. The Kier molecular flexibility index (Phi) is 35.2. The number of hydrogen-bond donors (Lipinski definition) is 1. The molecule has 0 rings (SSSR count). The molecule has 1 N–H and O–H groups in total. The SMILES string of the molecule is CC/C=C\C/C=C\C/C=C\C/C=C\C/C=C\CCCCCCCC(=O)OC(CCCCC)CCCCCCCCCCCC(=O)O. The van der Waals surface area contributed by atoms with Crippen molar-refractivity contribution in [3.8, 4) is 0 Å². The molecule has 0 aromatic heterocycles. The first-order chi connectivity index (χ1) is 22.6. The highest BCUT2D eigenvalue weighted by Crippen LogP contribution is 2.18. The molecule has 4 heteroatoms. The number of carbonyl (C=O) groups excluding carboxylic acids is 1. The topological polar surface area (TPSA) is 63.6 Å². The highest BCUT2D eigenvalue weighted by atomic mass is 16.5. The van der Waals surface area contributed by atoms with E-state index in [9.17, 15) is 9.59 Å². The number of carbonyl (C=O) groups is 2. The molecule has 0 aliphatic rings. The molecule has 0 amide bonds. The zero-order valence-electron chi connectivity index (χ0n) is 30.1. The quantitative estimate of drug-likeness (QED) is 0.0432. The zero-order valence-corrected chi connectivity index (χ0v) is 30.1. The number of aliphatic carboxylic acids is 1. The van der Waals surface area contributed by atoms with Crippen LogP contribution in [-0.4, -0.2) is 23.1 Å². The lowest BCUT2D eigenvalue weighted by Crippen LogP contribution is -2.18. The number of hydrogen-bond acceptors (Lipinski definition) is 3. The molecule has 46 heavy (non-hydrogen) atoms. The van der Waals surface area contributed by atoms with Gasteiger partial charge in [0.15, 0.2) is 0 Å². The van der Waals surface area contributed by atoms with Gasteiger partial charge in [0.25, 0.3) is 0 Å². The number of esters is 1. The minimum atomic E-state index is -0.682. The van der Waals surface area contributed by atoms with Gasteiger partial charge in [-0.3, -0.25) is 9.59 Å². The number of unbranched alkanes of at least 4 members (excludes halogenated alkanes) is 15. The van der Waals surface area contributed by atoms with Crippen LogP contribution in [0.4, 0.5) is 0 Å². The van der Waals surface area contributed by atoms with Crippen molar-refractivity contribution in [2.24, 2.45) is 0 Å². The average Bonchev–Trinajstić information content (AvgIpc) is 3.04. The number of allylic oxidation sites excluding steroid dienone is 10. The summed E-state index contributed by atoms with van der Waals surface area (Å²) in [6.45, 7) is 4.38. The van der Waals surface area contributed by atoms with Crippen molar-refractivity contribution in [2.45, 2.75) is 193 Å². The summed E-state index contributed by atoms with van der Waals surface area (Å²) in [5.74, 6) is -0.679. The van der Waals surface area contributed by atoms with Crippen LogP contribution in [0.5, 0.6) is 0 Å². The Morgan fingerprint density at radius 1 is 0.500 bits per heavy atom. The first-order valence-corrected chi connectivity index (χ1v) is 19.3. The van der Waals surface area contributed by atoms with Gasteiger partial charge in [-0.2, -0.15) is 0 Å². The number of carboxylic acids is 1. The molecule has 1 unspecified atom stereocenters. The first kappa shape index (κ1) is 43.6. The van der Waals surface area contributed by atoms with Crippen molar-refractivity contribution in [3.05, 3.63) is 60.8 Å². The van der Waals surface area contributed by atoms with Crippen molar-refractivity contribution in [2.75, 3.05) is 0 Å². The Labute approximate surface area is 284 Å². The Bertz CT molecular complexity index is 820. The van der Waals surface area contributed by atoms with Crippen molar-refractivity contribution in [1.29, 1.82) is 0 Å². The summed E-state index contributed by atoms with van der Waals surface area (Å²) < 4.78 is 5.94. The molecule has 1 atom stereocenters. The fourth-order valence-corrected chi connectivity index (χ4v) is 5.45. The van der Waals surface area contributed by atoms with Gasteiger partial charge >= 0.3 is 11.9 Å². The normalized spacial score (nSPS) is 12.9. The molecule has 0 saturated heterocycles. The molecule has 0 aromatic carbocycles. The predicted molar refractivity (Wildman–Crippen MR) is 199 cm³/mol. The monoisotopic (exact) mass is 641 g/mol. The fourth-order valence-electron chi connectivity index (χ4n) is 5.45. The smallest absolute Gasteiger partial charge is 0.306 e. The second-order valence-corrected chi connectivity index (χ2v) is 12.7. The molecule has 0 fully saturated rings. The zero-order chi connectivity index (χ0) is 33.6. The van der Waals surface area contributed by atoms with Crippen LogP contribution in [0.15, 0.2) is 60.8 Å². The summed E-state index contributed by atoms with van der Waals surface area (Å²) in [5.41, 5.74) is 0. The van der Waals surface area contributed by atoms with Gasteiger partial charge in [0.2, 0.25) is 0 Å². The van der Waals surface area contributed by atoms with Gasteiger partial charge < -0.3 is 9.84 Å². The van der Waals surface area contributed by atoms with Gasteiger partial charge in [0, 0.05) is 12.8 Å². The number of ether oxygens (including phenoxy) is 1. The van der Waals surface area contributed by atoms with Crippen LogP contribution < -0.4 is 0 Å². The second-order valence-electron chi connectivity index (χ2n) is 12.7. The maximum atomic E-state index is 12.5. The van der Waals surface area contributed by atoms with Gasteiger partial charge in [0.05, 0.1) is 0 Å². The van der Waals surface area contributed by atoms with E-state index >= 15 is 0 Å². The molecule has 0 spiro atoms. The van der Waals surface area contributed by atoms with E-state index in [2.05, 4.69) is 74.6 Å². The van der Waals surface area contributed by atoms with Crippen LogP contribution >= 0.6 is 0 Å². The van der Waals surface area contributed by atoms with Crippen LogP contribution in [0.1, 0.15) is 187 Å². The third kappa shape index (κ3) is 36.1. The lowest BCUT2D eigenvalue weighted by molar-refractivity contribution is -0.150. The molecule has 264 valence electrons. The number of rotatable bonds is 34. The molecular weight excluding hydrogens is 568 g/mol. The Balaban J connectivity index is 3.80. The number of carboxylic acid groups (broad SMARTS) is 1. The lowest BCUT2D eigenvalue weighted by Gasteiger charge is -2.18. The van der Waals surface area contributed by atoms with Crippen LogP contribution in [-0.2, 0) is 14.3 Å². The summed E-state index contributed by atoms with van der Waals surface area (Å²) in [6, 6.07) is 0. The van der Waals surface area contributed by atoms with Crippen molar-refractivity contribution in [3.63, 3.8) is 0 Å². The highest BCUT2D eigenvalue weighted by Gasteiger charge is 2.14. The standard InChI is InChI=1S/C42H72O4/c1-3-5-7-8-9-10-11-12-13-14-15-16-17-18-19-20-21-25-28-31-35-39-42(45)46-40(36-32-6-4-2)37-33-29-26-23-22-24-27-30-34-38-41(43)44/h5,7,9-10,12-13,15-16,18-19,40H,3-4,6,8,11,14,17,20-39H2,1-2H3,(H,43,44)/b7-5-,10-9-,13-12-,16-15-,19-18-. The Hall–Kier alpha value is -2.36. The van der Waals surface area contributed by atoms with E-state index in [4.69, 9.17) is 9.84 Å². The van der Waals surface area contributed by atoms with Gasteiger partial charge in [-0.25, -0.2) is 0 Å². The Morgan fingerprint density at radius 2 is 0.913 bits per heavy atom. The highest BCUT2D eigenvalue weighted by molar-refractivity contribution is 5.69. The predicted octanol–water partition coefficient (Wildman–Crippen LogP) is 13.3. The molecule has 0 saturated carbocycles. The van der Waals surface area contributed by atoms with E-state index in [-0.39, 0.29) is 12.1 Å². The van der Waals surface area contributed by atoms with Crippen LogP contribution in [0.3, 0.4) is 0 Å². The van der Waals surface area contributed by atoms with E-state index in [1.165, 1.54) is 64.2 Å². The molecule has 0 aliphatic heterocycles. The van der Waals surface area contributed by atoms with Crippen LogP contribution in [0.25, 0.3) is 0 Å². The fraction of sp³-hybridized carbons (Fsp3) is 0.714. The maximum Gasteiger partial charge on any atom is 0.306 e. The minimum Gasteiger partial charge on any atom is -0.481 e. The largest absolute Gasteiger partial charge is 0.481 e. The maximum absolute atomic E-state index is 12.5. The summed E-state index contributed by atoms with van der Waals surface area (Å²) in [7, 11) is 0. The Morgan fingerprint density at radius 3 is 1.41 bits per heavy atom. The van der Waals surface area contributed by atoms with E-state index in [0.717, 1.165) is 96.3 Å². The van der Waals surface area contributed by atoms with E-state index in [1.54, 1.807) is 0 Å². The average molecular weight is 641 g/mol. The summed E-state index contributed by atoms with van der Waals surface area (Å²) >= 11 is 0. The van der Waals surface area contributed by atoms with Crippen LogP contribution in [0, 0.1) is 0 Å².